The maximum Gasteiger partial charge on any atom is 0.328 e. The van der Waals surface area contributed by atoms with Gasteiger partial charge in [-0.05, 0) is 62.8 Å². The molecule has 0 aliphatic carbocycles. The maximum atomic E-state index is 13.7. The van der Waals surface area contributed by atoms with E-state index in [0.717, 1.165) is 63.4 Å². The lowest BCUT2D eigenvalue weighted by molar-refractivity contribution is -0.157. The Morgan fingerprint density at radius 3 is 1.70 bits per heavy atom. The third-order valence-corrected chi connectivity index (χ3v) is 16.3. The zero-order chi connectivity index (χ0) is 61.0. The SMILES string of the molecule is CCCCCCCCCCCCCCCC(=O)OC[C@H](CSC[C@H](N)C(=O)N[C@@H](CO)C(=O)N[C@@H](CCCCN)C(=O)Nc1ccc(Cn2c(=O)[nH]c3c(N)nc(NCCCC)nc32)cc1)OC(=O)CCCCCCCCCCCCCCC. The number of thioether (sulfide) groups is 1. The number of nitrogens with one attached hydrogen (secondary N) is 5. The highest BCUT2D eigenvalue weighted by Crippen LogP contribution is 2.21. The Kier molecular flexibility index (Phi) is 40.0. The minimum atomic E-state index is -1.43. The van der Waals surface area contributed by atoms with E-state index in [0.29, 0.717) is 55.2 Å². The number of nitrogen functional groups attached to an aromatic ring is 1. The van der Waals surface area contributed by atoms with Gasteiger partial charge in [-0.1, -0.05) is 193 Å². The van der Waals surface area contributed by atoms with Crippen LogP contribution in [0, 0.1) is 0 Å². The number of imidazole rings is 1. The van der Waals surface area contributed by atoms with E-state index in [2.05, 4.69) is 57.0 Å². The van der Waals surface area contributed by atoms with Gasteiger partial charge in [0.25, 0.3) is 0 Å². The first-order valence-corrected chi connectivity index (χ1v) is 33.5. The van der Waals surface area contributed by atoms with Crippen molar-refractivity contribution in [2.75, 3.05) is 54.2 Å². The van der Waals surface area contributed by atoms with Crippen molar-refractivity contribution >= 4 is 70.0 Å². The summed E-state index contributed by atoms with van der Waals surface area (Å²) in [6.45, 7) is 6.84. The number of fused-ring (bicyclic) bond motifs is 1. The Morgan fingerprint density at radius 1 is 0.643 bits per heavy atom. The second-order valence-electron chi connectivity index (χ2n) is 22.6. The molecule has 3 aromatic rings. The number of carbonyl (C=O) groups is 5. The molecule has 3 rings (SSSR count). The van der Waals surface area contributed by atoms with Crippen LogP contribution in [-0.4, -0.2) is 116 Å². The number of hydrogen-bond acceptors (Lipinski definition) is 16. The van der Waals surface area contributed by atoms with Gasteiger partial charge in [-0.2, -0.15) is 21.7 Å². The molecular formula is C63H109N11O9S. The molecule has 12 N–H and O–H groups in total. The standard InChI is InChI=1S/C63H109N11O9S/c1-4-7-10-12-14-16-18-20-22-24-26-28-30-35-54(76)82-45-50(83-55(77)36-31-29-27-25-23-21-19-17-15-13-11-8-5-2)46-84-47-51(65)59(78)70-53(44-75)61(80)69-52(34-32-33-41-64)60(79)68-49-39-37-48(38-40-49)43-74-58-56(71-63(74)81)57(66)72-62(73-58)67-42-9-6-3/h37-40,50-53,75H,4-36,41-47,64-65H2,1-3H3,(H,68,79)(H,69,80)(H,70,78)(H,71,81)(H3,66,67,72,73)/t50-,51+,52+,53+/m1/s1. The molecular weight excluding hydrogens is 1090 g/mol. The zero-order valence-electron chi connectivity index (χ0n) is 51.6. The first-order chi connectivity index (χ1) is 40.8. The highest BCUT2D eigenvalue weighted by atomic mass is 32.2. The molecule has 3 amide bonds. The van der Waals surface area contributed by atoms with Crippen molar-refractivity contribution in [1.29, 1.82) is 0 Å². The Balaban J connectivity index is 1.51. The maximum absolute atomic E-state index is 13.7. The number of amides is 3. The highest BCUT2D eigenvalue weighted by molar-refractivity contribution is 7.99. The number of hydrogen-bond donors (Lipinski definition) is 9. The number of carbonyl (C=O) groups excluding carboxylic acids is 5. The molecule has 84 heavy (non-hydrogen) atoms. The summed E-state index contributed by atoms with van der Waals surface area (Å²) < 4.78 is 12.9. The van der Waals surface area contributed by atoms with Crippen molar-refractivity contribution < 1.29 is 38.6 Å². The van der Waals surface area contributed by atoms with E-state index in [9.17, 15) is 33.9 Å². The van der Waals surface area contributed by atoms with Crippen LogP contribution in [0.1, 0.15) is 238 Å². The number of ether oxygens (including phenoxy) is 2. The molecule has 0 radical (unpaired) electrons. The van der Waals surface area contributed by atoms with E-state index in [1.165, 1.54) is 132 Å². The second kappa shape index (κ2) is 46.0. The third kappa shape index (κ3) is 31.8. The van der Waals surface area contributed by atoms with E-state index in [-0.39, 0.29) is 61.7 Å². The van der Waals surface area contributed by atoms with Gasteiger partial charge in [0, 0.05) is 36.6 Å². The molecule has 0 unspecified atom stereocenters. The fraction of sp³-hybridized carbons (Fsp3) is 0.746. The molecule has 0 aliphatic rings. The molecule has 2 heterocycles. The molecule has 0 aliphatic heterocycles. The van der Waals surface area contributed by atoms with Crippen molar-refractivity contribution in [2.24, 2.45) is 11.5 Å². The fourth-order valence-electron chi connectivity index (χ4n) is 9.86. The van der Waals surface area contributed by atoms with Gasteiger partial charge >= 0.3 is 17.6 Å². The van der Waals surface area contributed by atoms with Gasteiger partial charge in [0.2, 0.25) is 23.7 Å². The molecule has 20 nitrogen and oxygen atoms in total. The minimum Gasteiger partial charge on any atom is -0.462 e. The van der Waals surface area contributed by atoms with Crippen molar-refractivity contribution in [2.45, 2.75) is 263 Å². The number of nitrogens with two attached hydrogens (primary N) is 3. The van der Waals surface area contributed by atoms with Gasteiger partial charge in [0.1, 0.15) is 30.3 Å². The number of esters is 2. The van der Waals surface area contributed by atoms with Crippen LogP contribution in [0.25, 0.3) is 11.2 Å². The van der Waals surface area contributed by atoms with Crippen LogP contribution >= 0.6 is 11.8 Å². The number of benzene rings is 1. The predicted molar refractivity (Wildman–Crippen MR) is 341 cm³/mol. The van der Waals surface area contributed by atoms with Crippen LogP contribution in [0.15, 0.2) is 29.1 Å². The van der Waals surface area contributed by atoms with Crippen molar-refractivity contribution in [1.82, 2.24) is 30.2 Å². The lowest BCUT2D eigenvalue weighted by Crippen LogP contribution is -2.56. The number of aromatic nitrogens is 4. The Morgan fingerprint density at radius 2 is 1.17 bits per heavy atom. The van der Waals surface area contributed by atoms with E-state index in [4.69, 9.17) is 26.7 Å². The molecule has 476 valence electrons. The molecule has 0 spiro atoms. The molecule has 4 atom stereocenters. The Bertz CT molecular complexity index is 2340. The Labute approximate surface area is 506 Å². The molecule has 0 saturated heterocycles. The van der Waals surface area contributed by atoms with E-state index in [1.54, 1.807) is 24.3 Å². The third-order valence-electron chi connectivity index (χ3n) is 15.1. The fourth-order valence-corrected chi connectivity index (χ4v) is 10.8. The summed E-state index contributed by atoms with van der Waals surface area (Å²) in [6.07, 6.45) is 34.1. The molecule has 21 heteroatoms. The number of aromatic amines is 1. The summed E-state index contributed by atoms with van der Waals surface area (Å²) in [7, 11) is 0. The van der Waals surface area contributed by atoms with Gasteiger partial charge in [-0.15, -0.1) is 0 Å². The number of rotatable bonds is 52. The molecule has 0 saturated carbocycles. The van der Waals surface area contributed by atoms with E-state index >= 15 is 0 Å². The number of nitrogens with zero attached hydrogens (tertiary/aromatic N) is 3. The van der Waals surface area contributed by atoms with Crippen LogP contribution in [0.5, 0.6) is 0 Å². The average Bonchev–Trinajstić information content (AvgIpc) is 3.93. The smallest absolute Gasteiger partial charge is 0.328 e. The number of aliphatic hydroxyl groups is 1. The number of anilines is 3. The zero-order valence-corrected chi connectivity index (χ0v) is 52.4. The van der Waals surface area contributed by atoms with Crippen LogP contribution in [0.3, 0.4) is 0 Å². The largest absolute Gasteiger partial charge is 0.462 e. The van der Waals surface area contributed by atoms with Gasteiger partial charge < -0.3 is 58.0 Å². The van der Waals surface area contributed by atoms with Crippen LogP contribution in [0.4, 0.5) is 17.5 Å². The van der Waals surface area contributed by atoms with Crippen LogP contribution in [0.2, 0.25) is 0 Å². The first kappa shape index (κ1) is 73.0. The second-order valence-corrected chi connectivity index (χ2v) is 23.7. The average molecular weight is 1200 g/mol. The number of H-pyrrole nitrogens is 1. The number of unbranched alkanes of at least 4 members (excludes halogenated alkanes) is 26. The quantitative estimate of drug-likeness (QED) is 0.0187. The number of aliphatic hydroxyl groups excluding tert-OH is 1. The van der Waals surface area contributed by atoms with Gasteiger partial charge in [0.05, 0.1) is 19.2 Å². The molecule has 2 aromatic heterocycles. The molecule has 0 fully saturated rings. The van der Waals surface area contributed by atoms with Crippen LogP contribution in [-0.2, 0) is 40.0 Å². The van der Waals surface area contributed by atoms with Gasteiger partial charge in [-0.25, -0.2) is 4.79 Å². The normalized spacial score (nSPS) is 12.8. The highest BCUT2D eigenvalue weighted by Gasteiger charge is 2.29. The van der Waals surface area contributed by atoms with E-state index < -0.39 is 54.2 Å². The summed E-state index contributed by atoms with van der Waals surface area (Å²) in [4.78, 5) is 91.2. The molecule has 0 bridgehead atoms. The van der Waals surface area contributed by atoms with E-state index in [1.807, 2.05) is 0 Å². The predicted octanol–water partition coefficient (Wildman–Crippen LogP) is 10.5. The summed E-state index contributed by atoms with van der Waals surface area (Å²) in [6, 6.07) is 3.23. The summed E-state index contributed by atoms with van der Waals surface area (Å²) in [5.41, 5.74) is 19.7. The first-order valence-electron chi connectivity index (χ1n) is 32.3. The minimum absolute atomic E-state index is 0.0629. The summed E-state index contributed by atoms with van der Waals surface area (Å²) in [5.74, 6) is -2.01. The topological polar surface area (TPSA) is 314 Å². The lowest BCUT2D eigenvalue weighted by Gasteiger charge is -2.23. The van der Waals surface area contributed by atoms with Crippen molar-refractivity contribution in [3.8, 4) is 0 Å². The van der Waals surface area contributed by atoms with Gasteiger partial charge in [0.15, 0.2) is 11.5 Å². The monoisotopic (exact) mass is 1200 g/mol. The summed E-state index contributed by atoms with van der Waals surface area (Å²) >= 11 is 1.24. The lowest BCUT2D eigenvalue weighted by atomic mass is 10.0. The van der Waals surface area contributed by atoms with Crippen molar-refractivity contribution in [3.63, 3.8) is 0 Å². The van der Waals surface area contributed by atoms with Gasteiger partial charge in [-0.3, -0.25) is 28.5 Å². The Hall–Kier alpha value is -5.25. The van der Waals surface area contributed by atoms with Crippen molar-refractivity contribution in [3.05, 3.63) is 40.3 Å². The summed E-state index contributed by atoms with van der Waals surface area (Å²) in [5, 5.41) is 21.5. The molecule has 1 aromatic carbocycles. The van der Waals surface area contributed by atoms with Crippen LogP contribution < -0.4 is 44.2 Å².